The molecule has 0 spiro atoms. The largest absolute Gasteiger partial charge is 0.449 e. The molecule has 8 heteroatoms. The Labute approximate surface area is 154 Å². The number of hydrazine groups is 1. The van der Waals surface area contributed by atoms with E-state index in [-0.39, 0.29) is 10.6 Å². The summed E-state index contributed by atoms with van der Waals surface area (Å²) in [5.41, 5.74) is 4.89. The molecule has 130 valence electrons. The molecular formula is C17H14Cl2N2O4. The molecule has 2 aromatic rings. The maximum Gasteiger partial charge on any atom is 0.340 e. The van der Waals surface area contributed by atoms with Crippen molar-refractivity contribution in [3.05, 3.63) is 69.7 Å². The van der Waals surface area contributed by atoms with Crippen molar-refractivity contribution in [2.75, 3.05) is 0 Å². The lowest BCUT2D eigenvalue weighted by atomic mass is 10.2. The summed E-state index contributed by atoms with van der Waals surface area (Å²) in [7, 11) is 0. The maximum atomic E-state index is 12.0. The zero-order valence-electron chi connectivity index (χ0n) is 13.1. The zero-order valence-corrected chi connectivity index (χ0v) is 14.6. The minimum atomic E-state index is -1.14. The summed E-state index contributed by atoms with van der Waals surface area (Å²) in [4.78, 5) is 35.8. The SMILES string of the molecule is C[C@H](OC(=O)c1ccc(Cl)cc1Cl)C(=O)NNC(=O)c1ccccc1. The van der Waals surface area contributed by atoms with E-state index >= 15 is 0 Å². The van der Waals surface area contributed by atoms with Crippen molar-refractivity contribution < 1.29 is 19.1 Å². The highest BCUT2D eigenvalue weighted by molar-refractivity contribution is 6.36. The van der Waals surface area contributed by atoms with Gasteiger partial charge in [0.15, 0.2) is 6.10 Å². The second-order valence-electron chi connectivity index (χ2n) is 4.98. The third-order valence-corrected chi connectivity index (χ3v) is 3.69. The molecule has 0 heterocycles. The average Bonchev–Trinajstić information content (AvgIpc) is 2.59. The van der Waals surface area contributed by atoms with Crippen molar-refractivity contribution in [2.24, 2.45) is 0 Å². The number of hydrogen-bond donors (Lipinski definition) is 2. The molecular weight excluding hydrogens is 367 g/mol. The van der Waals surface area contributed by atoms with Crippen molar-refractivity contribution in [1.82, 2.24) is 10.9 Å². The van der Waals surface area contributed by atoms with E-state index in [2.05, 4.69) is 10.9 Å². The number of carbonyl (C=O) groups is 3. The van der Waals surface area contributed by atoms with Gasteiger partial charge in [0.1, 0.15) is 0 Å². The van der Waals surface area contributed by atoms with Gasteiger partial charge in [0.25, 0.3) is 11.8 Å². The molecule has 0 radical (unpaired) electrons. The molecule has 0 fully saturated rings. The molecule has 0 saturated carbocycles. The number of rotatable bonds is 4. The number of benzene rings is 2. The Balaban J connectivity index is 1.89. The number of carbonyl (C=O) groups excluding carboxylic acids is 3. The van der Waals surface area contributed by atoms with Crippen molar-refractivity contribution in [1.29, 1.82) is 0 Å². The summed E-state index contributed by atoms with van der Waals surface area (Å²) >= 11 is 11.7. The maximum absolute atomic E-state index is 12.0. The molecule has 0 aliphatic heterocycles. The van der Waals surface area contributed by atoms with E-state index in [0.29, 0.717) is 10.6 Å². The second kappa shape index (κ2) is 8.50. The number of amides is 2. The molecule has 2 rings (SSSR count). The van der Waals surface area contributed by atoms with Crippen molar-refractivity contribution >= 4 is 41.0 Å². The Kier molecular flexibility index (Phi) is 6.38. The van der Waals surface area contributed by atoms with Crippen LogP contribution in [0.25, 0.3) is 0 Å². The van der Waals surface area contributed by atoms with Crippen LogP contribution in [-0.2, 0) is 9.53 Å². The molecule has 2 N–H and O–H groups in total. The smallest absolute Gasteiger partial charge is 0.340 e. The van der Waals surface area contributed by atoms with Crippen molar-refractivity contribution in [2.45, 2.75) is 13.0 Å². The summed E-state index contributed by atoms with van der Waals surface area (Å²) in [6.07, 6.45) is -1.14. The van der Waals surface area contributed by atoms with Crippen LogP contribution in [-0.4, -0.2) is 23.9 Å². The van der Waals surface area contributed by atoms with Gasteiger partial charge in [-0.05, 0) is 37.3 Å². The molecule has 0 unspecified atom stereocenters. The molecule has 0 aliphatic rings. The number of ether oxygens (including phenoxy) is 1. The lowest BCUT2D eigenvalue weighted by Gasteiger charge is -2.14. The van der Waals surface area contributed by atoms with Gasteiger partial charge in [0.2, 0.25) is 0 Å². The van der Waals surface area contributed by atoms with Crippen LogP contribution in [0.2, 0.25) is 10.0 Å². The first kappa shape index (κ1) is 18.8. The fraction of sp³-hybridized carbons (Fsp3) is 0.118. The Hall–Kier alpha value is -2.57. The van der Waals surface area contributed by atoms with Crippen LogP contribution in [0.1, 0.15) is 27.6 Å². The van der Waals surface area contributed by atoms with Gasteiger partial charge in [-0.15, -0.1) is 0 Å². The van der Waals surface area contributed by atoms with E-state index in [1.54, 1.807) is 30.3 Å². The van der Waals surface area contributed by atoms with E-state index in [9.17, 15) is 14.4 Å². The summed E-state index contributed by atoms with van der Waals surface area (Å²) in [6.45, 7) is 1.37. The highest BCUT2D eigenvalue weighted by Gasteiger charge is 2.21. The van der Waals surface area contributed by atoms with Gasteiger partial charge in [-0.1, -0.05) is 41.4 Å². The van der Waals surface area contributed by atoms with E-state index in [4.69, 9.17) is 27.9 Å². The van der Waals surface area contributed by atoms with Crippen LogP contribution in [0, 0.1) is 0 Å². The molecule has 0 bridgehead atoms. The number of hydrogen-bond acceptors (Lipinski definition) is 4. The minimum Gasteiger partial charge on any atom is -0.449 e. The number of esters is 1. The Bertz CT molecular complexity index is 796. The highest BCUT2D eigenvalue weighted by atomic mass is 35.5. The van der Waals surface area contributed by atoms with Gasteiger partial charge >= 0.3 is 5.97 Å². The van der Waals surface area contributed by atoms with Crippen LogP contribution in [0.3, 0.4) is 0 Å². The van der Waals surface area contributed by atoms with Gasteiger partial charge in [-0.25, -0.2) is 4.79 Å². The summed E-state index contributed by atoms with van der Waals surface area (Å²) < 4.78 is 5.03. The molecule has 0 aliphatic carbocycles. The van der Waals surface area contributed by atoms with E-state index in [1.807, 2.05) is 0 Å². The van der Waals surface area contributed by atoms with E-state index in [0.717, 1.165) is 0 Å². The molecule has 2 aromatic carbocycles. The summed E-state index contributed by atoms with van der Waals surface area (Å²) in [5.74, 6) is -1.96. The Morgan fingerprint density at radius 3 is 2.32 bits per heavy atom. The molecule has 6 nitrogen and oxygen atoms in total. The quantitative estimate of drug-likeness (QED) is 0.630. The Morgan fingerprint density at radius 1 is 1.00 bits per heavy atom. The third-order valence-electron chi connectivity index (χ3n) is 3.14. The average molecular weight is 381 g/mol. The van der Waals surface area contributed by atoms with Crippen LogP contribution in [0.4, 0.5) is 0 Å². The predicted octanol–water partition coefficient (Wildman–Crippen LogP) is 3.00. The lowest BCUT2D eigenvalue weighted by Crippen LogP contribution is -2.46. The first-order valence-corrected chi connectivity index (χ1v) is 7.95. The number of nitrogens with one attached hydrogen (secondary N) is 2. The topological polar surface area (TPSA) is 84.5 Å². The van der Waals surface area contributed by atoms with Crippen LogP contribution < -0.4 is 10.9 Å². The van der Waals surface area contributed by atoms with Crippen molar-refractivity contribution in [3.63, 3.8) is 0 Å². The molecule has 25 heavy (non-hydrogen) atoms. The third kappa shape index (κ3) is 5.20. The standard InChI is InChI=1S/C17H14Cl2N2O4/c1-10(25-17(24)13-8-7-12(18)9-14(13)19)15(22)20-21-16(23)11-5-3-2-4-6-11/h2-10H,1H3,(H,20,22)(H,21,23)/t10-/m0/s1. The number of halogens is 2. The minimum absolute atomic E-state index is 0.0824. The van der Waals surface area contributed by atoms with Crippen LogP contribution in [0.15, 0.2) is 48.5 Å². The van der Waals surface area contributed by atoms with Gasteiger partial charge < -0.3 is 4.74 Å². The highest BCUT2D eigenvalue weighted by Crippen LogP contribution is 2.22. The fourth-order valence-electron chi connectivity index (χ4n) is 1.81. The van der Waals surface area contributed by atoms with E-state index in [1.165, 1.54) is 25.1 Å². The van der Waals surface area contributed by atoms with Crippen molar-refractivity contribution in [3.8, 4) is 0 Å². The molecule has 0 saturated heterocycles. The van der Waals surface area contributed by atoms with Gasteiger partial charge in [0, 0.05) is 10.6 Å². The zero-order chi connectivity index (χ0) is 18.4. The monoisotopic (exact) mass is 380 g/mol. The first-order chi connectivity index (χ1) is 11.9. The first-order valence-electron chi connectivity index (χ1n) is 7.19. The fourth-order valence-corrected chi connectivity index (χ4v) is 2.30. The molecule has 1 atom stereocenters. The van der Waals surface area contributed by atoms with Gasteiger partial charge in [-0.3, -0.25) is 20.4 Å². The summed E-state index contributed by atoms with van der Waals surface area (Å²) in [6, 6.07) is 12.6. The van der Waals surface area contributed by atoms with E-state index < -0.39 is 23.9 Å². The van der Waals surface area contributed by atoms with Gasteiger partial charge in [0.05, 0.1) is 10.6 Å². The molecule has 0 aromatic heterocycles. The van der Waals surface area contributed by atoms with Crippen LogP contribution in [0.5, 0.6) is 0 Å². The molecule has 2 amide bonds. The Morgan fingerprint density at radius 2 is 1.68 bits per heavy atom. The second-order valence-corrected chi connectivity index (χ2v) is 5.82. The normalized spacial score (nSPS) is 11.3. The van der Waals surface area contributed by atoms with Gasteiger partial charge in [-0.2, -0.15) is 0 Å². The summed E-state index contributed by atoms with van der Waals surface area (Å²) in [5, 5.41) is 0.485. The predicted molar refractivity (Wildman–Crippen MR) is 93.4 cm³/mol. The lowest BCUT2D eigenvalue weighted by molar-refractivity contribution is -0.129. The van der Waals surface area contributed by atoms with Crippen LogP contribution >= 0.6 is 23.2 Å².